The predicted molar refractivity (Wildman–Crippen MR) is 153 cm³/mol. The topological polar surface area (TPSA) is 113 Å². The number of nitrogens with zero attached hydrogens (tertiary/aromatic N) is 4. The number of halogens is 1. The van der Waals surface area contributed by atoms with Crippen molar-refractivity contribution in [1.29, 1.82) is 0 Å². The Morgan fingerprint density at radius 1 is 1.12 bits per heavy atom. The van der Waals surface area contributed by atoms with E-state index in [9.17, 15) is 14.7 Å². The molecule has 1 aliphatic carbocycles. The van der Waals surface area contributed by atoms with Crippen LogP contribution in [0.5, 0.6) is 0 Å². The minimum absolute atomic E-state index is 0.0855. The van der Waals surface area contributed by atoms with Crippen molar-refractivity contribution in [3.8, 4) is 22.4 Å². The SMILES string of the molecule is Cc1cc2[nH]ncc2c(-c2c(-c3ccc(C(=O)O)cc3)nn(C3CC4(C3)CN(C(=O)OC(C)(C)C)C4)c2C)c1Cl. The third-order valence-corrected chi connectivity index (χ3v) is 8.54. The van der Waals surface area contributed by atoms with E-state index in [1.54, 1.807) is 35.4 Å². The van der Waals surface area contributed by atoms with Gasteiger partial charge in [-0.25, -0.2) is 9.59 Å². The predicted octanol–water partition coefficient (Wildman–Crippen LogP) is 6.63. The normalized spacial score (nSPS) is 16.7. The molecule has 2 N–H and O–H groups in total. The average molecular weight is 562 g/mol. The van der Waals surface area contributed by atoms with Crippen LogP contribution in [-0.2, 0) is 4.74 Å². The molecule has 0 radical (unpaired) electrons. The van der Waals surface area contributed by atoms with Crippen LogP contribution in [0.15, 0.2) is 36.5 Å². The van der Waals surface area contributed by atoms with Crippen LogP contribution in [-0.4, -0.2) is 60.7 Å². The summed E-state index contributed by atoms with van der Waals surface area (Å²) in [5, 5.41) is 23.4. The highest BCUT2D eigenvalue weighted by Crippen LogP contribution is 2.55. The number of benzene rings is 2. The molecule has 2 aliphatic rings. The summed E-state index contributed by atoms with van der Waals surface area (Å²) in [6, 6.07) is 8.94. The van der Waals surface area contributed by atoms with Crippen molar-refractivity contribution in [2.45, 2.75) is 59.1 Å². The number of hydrogen-bond acceptors (Lipinski definition) is 5. The van der Waals surface area contributed by atoms with E-state index in [2.05, 4.69) is 21.8 Å². The summed E-state index contributed by atoms with van der Waals surface area (Å²) in [6.07, 6.45) is 3.34. The van der Waals surface area contributed by atoms with E-state index < -0.39 is 11.6 Å². The number of carbonyl (C=O) groups is 2. The van der Waals surface area contributed by atoms with E-state index in [-0.39, 0.29) is 23.1 Å². The van der Waals surface area contributed by atoms with Gasteiger partial charge in [-0.1, -0.05) is 23.7 Å². The number of carbonyl (C=O) groups excluding carboxylic acids is 1. The second-order valence-corrected chi connectivity index (χ2v) is 12.6. The first-order valence-corrected chi connectivity index (χ1v) is 13.8. The molecule has 6 rings (SSSR count). The van der Waals surface area contributed by atoms with Crippen LogP contribution in [0, 0.1) is 19.3 Å². The molecule has 208 valence electrons. The highest BCUT2D eigenvalue weighted by atomic mass is 35.5. The van der Waals surface area contributed by atoms with Crippen LogP contribution in [0.3, 0.4) is 0 Å². The number of aromatic nitrogens is 4. The van der Waals surface area contributed by atoms with Crippen LogP contribution in [0.2, 0.25) is 5.02 Å². The van der Waals surface area contributed by atoms with Gasteiger partial charge in [0.05, 0.1) is 28.3 Å². The summed E-state index contributed by atoms with van der Waals surface area (Å²) < 4.78 is 7.62. The molecule has 2 aromatic carbocycles. The lowest BCUT2D eigenvalue weighted by Crippen LogP contribution is -2.64. The van der Waals surface area contributed by atoms with Crippen molar-refractivity contribution < 1.29 is 19.4 Å². The number of aromatic carboxylic acids is 1. The standard InChI is InChI=1S/C30H32ClN5O4/c1-16-10-22-21(13-32-33-22)24(25(16)31)23-17(2)36(34-26(23)18-6-8-19(9-7-18)27(37)38)20-11-30(12-20)14-35(15-30)28(39)40-29(3,4)5/h6-10,13,20H,11-12,14-15H2,1-5H3,(H,32,33)(H,37,38). The number of hydrogen-bond donors (Lipinski definition) is 2. The van der Waals surface area contributed by atoms with Gasteiger partial charge in [-0.05, 0) is 71.2 Å². The molecule has 4 aromatic rings. The summed E-state index contributed by atoms with van der Waals surface area (Å²) in [5.74, 6) is -0.976. The fourth-order valence-electron chi connectivity index (χ4n) is 6.18. The maximum atomic E-state index is 12.5. The van der Waals surface area contributed by atoms with E-state index in [0.717, 1.165) is 57.4 Å². The Morgan fingerprint density at radius 3 is 2.42 bits per heavy atom. The van der Waals surface area contributed by atoms with Crippen molar-refractivity contribution in [3.63, 3.8) is 0 Å². The van der Waals surface area contributed by atoms with Crippen molar-refractivity contribution in [2.24, 2.45) is 5.41 Å². The Bertz CT molecular complexity index is 1650. The van der Waals surface area contributed by atoms with Crippen molar-refractivity contribution >= 4 is 34.6 Å². The average Bonchev–Trinajstić information content (AvgIpc) is 3.42. The Morgan fingerprint density at radius 2 is 1.80 bits per heavy atom. The van der Waals surface area contributed by atoms with E-state index >= 15 is 0 Å². The number of aryl methyl sites for hydroxylation is 1. The number of aromatic amines is 1. The minimum atomic E-state index is -0.976. The number of amides is 1. The van der Waals surface area contributed by atoms with Crippen molar-refractivity contribution in [3.05, 3.63) is 58.4 Å². The zero-order chi connectivity index (χ0) is 28.6. The molecule has 1 amide bonds. The number of carboxylic acid groups (broad SMARTS) is 1. The highest BCUT2D eigenvalue weighted by Gasteiger charge is 2.55. The van der Waals surface area contributed by atoms with Crippen molar-refractivity contribution in [2.75, 3.05) is 13.1 Å². The number of carboxylic acids is 1. The highest BCUT2D eigenvalue weighted by molar-refractivity contribution is 6.36. The largest absolute Gasteiger partial charge is 0.478 e. The molecule has 0 unspecified atom stereocenters. The first kappa shape index (κ1) is 26.4. The number of H-pyrrole nitrogens is 1. The summed E-state index contributed by atoms with van der Waals surface area (Å²) in [7, 11) is 0. The molecule has 3 heterocycles. The Hall–Kier alpha value is -3.85. The number of nitrogens with one attached hydrogen (secondary N) is 1. The molecular formula is C30H32ClN5O4. The second kappa shape index (κ2) is 9.09. The quantitative estimate of drug-likeness (QED) is 0.289. The number of ether oxygens (including phenoxy) is 1. The number of fused-ring (bicyclic) bond motifs is 1. The van der Waals surface area contributed by atoms with Gasteiger partial charge in [0.1, 0.15) is 11.3 Å². The second-order valence-electron chi connectivity index (χ2n) is 12.2. The van der Waals surface area contributed by atoms with Gasteiger partial charge in [-0.15, -0.1) is 0 Å². The van der Waals surface area contributed by atoms with Crippen LogP contribution in [0.4, 0.5) is 4.79 Å². The lowest BCUT2D eigenvalue weighted by atomic mass is 9.61. The first-order chi connectivity index (χ1) is 18.9. The molecule has 1 spiro atoms. The third-order valence-electron chi connectivity index (χ3n) is 8.06. The van der Waals surface area contributed by atoms with Gasteiger partial charge in [0.25, 0.3) is 0 Å². The van der Waals surface area contributed by atoms with Gasteiger partial charge in [0.2, 0.25) is 0 Å². The van der Waals surface area contributed by atoms with E-state index in [1.807, 2.05) is 33.8 Å². The molecule has 40 heavy (non-hydrogen) atoms. The molecule has 1 aliphatic heterocycles. The molecular weight excluding hydrogens is 530 g/mol. The minimum Gasteiger partial charge on any atom is -0.478 e. The Kier molecular flexibility index (Phi) is 5.99. The summed E-state index contributed by atoms with van der Waals surface area (Å²) in [4.78, 5) is 25.7. The van der Waals surface area contributed by atoms with E-state index in [4.69, 9.17) is 21.4 Å². The van der Waals surface area contributed by atoms with Crippen LogP contribution < -0.4 is 0 Å². The molecule has 2 aromatic heterocycles. The van der Waals surface area contributed by atoms with E-state index in [0.29, 0.717) is 18.1 Å². The summed E-state index contributed by atoms with van der Waals surface area (Å²) >= 11 is 6.96. The van der Waals surface area contributed by atoms with Gasteiger partial charge >= 0.3 is 12.1 Å². The summed E-state index contributed by atoms with van der Waals surface area (Å²) in [5.41, 5.74) is 5.90. The fourth-order valence-corrected chi connectivity index (χ4v) is 6.43. The summed E-state index contributed by atoms with van der Waals surface area (Å²) in [6.45, 7) is 11.0. The maximum absolute atomic E-state index is 12.5. The zero-order valence-corrected chi connectivity index (χ0v) is 24.0. The molecule has 2 fully saturated rings. The monoisotopic (exact) mass is 561 g/mol. The smallest absolute Gasteiger partial charge is 0.410 e. The lowest BCUT2D eigenvalue weighted by molar-refractivity contribution is -0.0930. The first-order valence-electron chi connectivity index (χ1n) is 13.4. The number of rotatable bonds is 4. The lowest BCUT2D eigenvalue weighted by Gasteiger charge is -2.58. The Labute approximate surface area is 237 Å². The molecule has 0 atom stereocenters. The molecule has 9 nitrogen and oxygen atoms in total. The van der Waals surface area contributed by atoms with Gasteiger partial charge in [-0.3, -0.25) is 9.78 Å². The maximum Gasteiger partial charge on any atom is 0.410 e. The van der Waals surface area contributed by atoms with Gasteiger partial charge < -0.3 is 14.7 Å². The molecule has 1 saturated heterocycles. The molecule has 10 heteroatoms. The van der Waals surface area contributed by atoms with Crippen LogP contribution in [0.25, 0.3) is 33.3 Å². The van der Waals surface area contributed by atoms with Crippen molar-refractivity contribution in [1.82, 2.24) is 24.9 Å². The van der Waals surface area contributed by atoms with E-state index in [1.165, 1.54) is 0 Å². The van der Waals surface area contributed by atoms with Gasteiger partial charge in [0, 0.05) is 46.3 Å². The van der Waals surface area contributed by atoms with Gasteiger partial charge in [-0.2, -0.15) is 10.2 Å². The molecule has 1 saturated carbocycles. The van der Waals surface area contributed by atoms with Crippen LogP contribution in [0.1, 0.15) is 61.3 Å². The fraction of sp³-hybridized carbons (Fsp3) is 0.400. The van der Waals surface area contributed by atoms with Gasteiger partial charge in [0.15, 0.2) is 0 Å². The number of likely N-dealkylation sites (tertiary alicyclic amines) is 1. The zero-order valence-electron chi connectivity index (χ0n) is 23.2. The third kappa shape index (κ3) is 4.33. The Balaban J connectivity index is 1.37. The molecule has 0 bridgehead atoms. The van der Waals surface area contributed by atoms with Crippen LogP contribution >= 0.6 is 11.6 Å².